The Morgan fingerprint density at radius 2 is 2.18 bits per heavy atom. The maximum absolute atomic E-state index is 11.1. The molecule has 0 bridgehead atoms. The Morgan fingerprint density at radius 1 is 1.55 bits per heavy atom. The van der Waals surface area contributed by atoms with Gasteiger partial charge in [0.25, 0.3) is 0 Å². The van der Waals surface area contributed by atoms with Crippen molar-refractivity contribution in [1.82, 2.24) is 5.32 Å². The van der Waals surface area contributed by atoms with Crippen molar-refractivity contribution in [3.05, 3.63) is 0 Å². The largest absolute Gasteiger partial charge is 0.354 e. The standard InChI is InChI=1S/C7H15N3O/c8-4-1-5-10-6(11)7(9)2-3-7/h1-5,8-9H2,(H,10,11). The van der Waals surface area contributed by atoms with E-state index in [0.29, 0.717) is 13.1 Å². The first-order chi connectivity index (χ1) is 5.19. The molecule has 0 unspecified atom stereocenters. The Kier molecular flexibility index (Phi) is 2.46. The van der Waals surface area contributed by atoms with Crippen molar-refractivity contribution in [3.63, 3.8) is 0 Å². The number of hydrogen-bond acceptors (Lipinski definition) is 3. The van der Waals surface area contributed by atoms with Gasteiger partial charge >= 0.3 is 0 Å². The summed E-state index contributed by atoms with van der Waals surface area (Å²) >= 11 is 0. The van der Waals surface area contributed by atoms with Gasteiger partial charge in [-0.2, -0.15) is 0 Å². The monoisotopic (exact) mass is 157 g/mol. The van der Waals surface area contributed by atoms with Crippen LogP contribution in [-0.4, -0.2) is 24.5 Å². The molecular weight excluding hydrogens is 142 g/mol. The van der Waals surface area contributed by atoms with E-state index in [4.69, 9.17) is 11.5 Å². The predicted octanol–water partition coefficient (Wildman–Crippen LogP) is -1.06. The molecule has 0 aliphatic heterocycles. The van der Waals surface area contributed by atoms with Gasteiger partial charge in [-0.15, -0.1) is 0 Å². The second-order valence-electron chi connectivity index (χ2n) is 3.05. The second kappa shape index (κ2) is 3.19. The molecule has 0 heterocycles. The Labute approximate surface area is 66.3 Å². The van der Waals surface area contributed by atoms with Crippen molar-refractivity contribution in [1.29, 1.82) is 0 Å². The molecule has 0 atom stereocenters. The highest BCUT2D eigenvalue weighted by Crippen LogP contribution is 2.31. The molecule has 5 N–H and O–H groups in total. The fourth-order valence-corrected chi connectivity index (χ4v) is 0.842. The predicted molar refractivity (Wildman–Crippen MR) is 42.8 cm³/mol. The van der Waals surface area contributed by atoms with Crippen LogP contribution in [0, 0.1) is 0 Å². The maximum Gasteiger partial charge on any atom is 0.240 e. The van der Waals surface area contributed by atoms with Crippen LogP contribution in [0.2, 0.25) is 0 Å². The van der Waals surface area contributed by atoms with Crippen LogP contribution in [0.15, 0.2) is 0 Å². The van der Waals surface area contributed by atoms with Gasteiger partial charge in [0.2, 0.25) is 5.91 Å². The molecule has 11 heavy (non-hydrogen) atoms. The van der Waals surface area contributed by atoms with Crippen LogP contribution in [-0.2, 0) is 4.79 Å². The molecule has 0 aromatic rings. The van der Waals surface area contributed by atoms with E-state index in [2.05, 4.69) is 5.32 Å². The van der Waals surface area contributed by atoms with Gasteiger partial charge in [-0.3, -0.25) is 4.79 Å². The lowest BCUT2D eigenvalue weighted by atomic mass is 10.2. The van der Waals surface area contributed by atoms with E-state index in [0.717, 1.165) is 19.3 Å². The zero-order valence-electron chi connectivity index (χ0n) is 6.60. The van der Waals surface area contributed by atoms with Crippen LogP contribution in [0.3, 0.4) is 0 Å². The summed E-state index contributed by atoms with van der Waals surface area (Å²) < 4.78 is 0. The molecule has 4 nitrogen and oxygen atoms in total. The number of amides is 1. The van der Waals surface area contributed by atoms with Crippen LogP contribution in [0.25, 0.3) is 0 Å². The first-order valence-electron chi connectivity index (χ1n) is 3.96. The highest BCUT2D eigenvalue weighted by molar-refractivity contribution is 5.88. The number of carbonyl (C=O) groups is 1. The summed E-state index contributed by atoms with van der Waals surface area (Å²) in [7, 11) is 0. The number of nitrogens with two attached hydrogens (primary N) is 2. The molecule has 1 rings (SSSR count). The highest BCUT2D eigenvalue weighted by Gasteiger charge is 2.45. The third kappa shape index (κ3) is 2.17. The normalized spacial score (nSPS) is 19.5. The van der Waals surface area contributed by atoms with Crippen molar-refractivity contribution < 1.29 is 4.79 Å². The molecular formula is C7H15N3O. The fourth-order valence-electron chi connectivity index (χ4n) is 0.842. The van der Waals surface area contributed by atoms with Gasteiger partial charge in [0.05, 0.1) is 5.54 Å². The van der Waals surface area contributed by atoms with Crippen molar-refractivity contribution in [2.24, 2.45) is 11.5 Å². The van der Waals surface area contributed by atoms with E-state index in [1.54, 1.807) is 0 Å². The van der Waals surface area contributed by atoms with Gasteiger partial charge in [-0.25, -0.2) is 0 Å². The van der Waals surface area contributed by atoms with E-state index in [9.17, 15) is 4.79 Å². The third-order valence-electron chi connectivity index (χ3n) is 1.91. The van der Waals surface area contributed by atoms with Crippen molar-refractivity contribution in [2.45, 2.75) is 24.8 Å². The summed E-state index contributed by atoms with van der Waals surface area (Å²) in [6.45, 7) is 1.26. The average Bonchev–Trinajstić information content (AvgIpc) is 2.70. The minimum atomic E-state index is -0.533. The smallest absolute Gasteiger partial charge is 0.240 e. The zero-order valence-corrected chi connectivity index (χ0v) is 6.60. The second-order valence-corrected chi connectivity index (χ2v) is 3.05. The van der Waals surface area contributed by atoms with Gasteiger partial charge in [0.1, 0.15) is 0 Å². The van der Waals surface area contributed by atoms with Crippen molar-refractivity contribution in [3.8, 4) is 0 Å². The number of nitrogens with one attached hydrogen (secondary N) is 1. The van der Waals surface area contributed by atoms with Gasteiger partial charge in [-0.1, -0.05) is 0 Å². The first kappa shape index (κ1) is 8.49. The lowest BCUT2D eigenvalue weighted by molar-refractivity contribution is -0.123. The van der Waals surface area contributed by atoms with E-state index in [1.165, 1.54) is 0 Å². The number of hydrogen-bond donors (Lipinski definition) is 3. The van der Waals surface area contributed by atoms with Crippen LogP contribution >= 0.6 is 0 Å². The number of rotatable bonds is 4. The van der Waals surface area contributed by atoms with Crippen LogP contribution in [0.4, 0.5) is 0 Å². The molecule has 0 aromatic carbocycles. The van der Waals surface area contributed by atoms with E-state index in [1.807, 2.05) is 0 Å². The minimum absolute atomic E-state index is 0.0223. The van der Waals surface area contributed by atoms with Crippen molar-refractivity contribution in [2.75, 3.05) is 13.1 Å². The summed E-state index contributed by atoms with van der Waals surface area (Å²) in [5, 5.41) is 2.74. The first-order valence-corrected chi connectivity index (χ1v) is 3.96. The Morgan fingerprint density at radius 3 is 2.64 bits per heavy atom. The third-order valence-corrected chi connectivity index (χ3v) is 1.91. The van der Waals surface area contributed by atoms with Gasteiger partial charge in [0.15, 0.2) is 0 Å². The molecule has 0 radical (unpaired) electrons. The highest BCUT2D eigenvalue weighted by atomic mass is 16.2. The summed E-state index contributed by atoms with van der Waals surface area (Å²) in [4.78, 5) is 11.1. The van der Waals surface area contributed by atoms with Gasteiger partial charge < -0.3 is 16.8 Å². The van der Waals surface area contributed by atoms with Crippen LogP contribution < -0.4 is 16.8 Å². The van der Waals surface area contributed by atoms with Crippen LogP contribution in [0.1, 0.15) is 19.3 Å². The minimum Gasteiger partial charge on any atom is -0.354 e. The maximum atomic E-state index is 11.1. The number of carbonyl (C=O) groups excluding carboxylic acids is 1. The Balaban J connectivity index is 2.12. The lowest BCUT2D eigenvalue weighted by Crippen LogP contribution is -2.43. The Bertz CT molecular complexity index is 154. The van der Waals surface area contributed by atoms with Crippen molar-refractivity contribution >= 4 is 5.91 Å². The molecule has 0 spiro atoms. The molecule has 1 saturated carbocycles. The van der Waals surface area contributed by atoms with E-state index < -0.39 is 5.54 Å². The topological polar surface area (TPSA) is 81.1 Å². The van der Waals surface area contributed by atoms with E-state index in [-0.39, 0.29) is 5.91 Å². The van der Waals surface area contributed by atoms with Crippen LogP contribution in [0.5, 0.6) is 0 Å². The molecule has 64 valence electrons. The molecule has 0 saturated heterocycles. The van der Waals surface area contributed by atoms with Gasteiger partial charge in [-0.05, 0) is 25.8 Å². The Hall–Kier alpha value is -0.610. The summed E-state index contributed by atoms with van der Waals surface area (Å²) in [5.41, 5.74) is 10.4. The summed E-state index contributed by atoms with van der Waals surface area (Å²) in [5.74, 6) is -0.0223. The molecule has 1 fully saturated rings. The fraction of sp³-hybridized carbons (Fsp3) is 0.857. The van der Waals surface area contributed by atoms with E-state index >= 15 is 0 Å². The molecule has 1 aliphatic carbocycles. The molecule has 0 aromatic heterocycles. The zero-order chi connectivity index (χ0) is 8.32. The molecule has 1 aliphatic rings. The summed E-state index contributed by atoms with van der Waals surface area (Å²) in [6.07, 6.45) is 2.46. The average molecular weight is 157 g/mol. The summed E-state index contributed by atoms with van der Waals surface area (Å²) in [6, 6.07) is 0. The quantitative estimate of drug-likeness (QED) is 0.455. The molecule has 4 heteroatoms. The SMILES string of the molecule is NCCCNC(=O)C1(N)CC1. The lowest BCUT2D eigenvalue weighted by Gasteiger charge is -2.08. The van der Waals surface area contributed by atoms with Gasteiger partial charge in [0, 0.05) is 6.54 Å². The molecule has 1 amide bonds.